The number of nitrogens with zero attached hydrogens (tertiary/aromatic N) is 1. The fourth-order valence-corrected chi connectivity index (χ4v) is 1.16. The van der Waals surface area contributed by atoms with Gasteiger partial charge in [0.2, 0.25) is 5.91 Å². The summed E-state index contributed by atoms with van der Waals surface area (Å²) in [5.74, 6) is 0.133. The summed E-state index contributed by atoms with van der Waals surface area (Å²) in [6.45, 7) is 1.60. The van der Waals surface area contributed by atoms with Gasteiger partial charge in [0.25, 0.3) is 0 Å². The van der Waals surface area contributed by atoms with Gasteiger partial charge in [0.1, 0.15) is 0 Å². The smallest absolute Gasteiger partial charge is 0.223 e. The monoisotopic (exact) mass is 139 g/mol. The van der Waals surface area contributed by atoms with Gasteiger partial charge >= 0.3 is 0 Å². The Morgan fingerprint density at radius 1 is 1.70 bits per heavy atom. The Bertz CT molecular complexity index is 172. The molecule has 56 valence electrons. The minimum Gasteiger partial charge on any atom is -0.320 e. The Balaban J connectivity index is 2.55. The largest absolute Gasteiger partial charge is 0.320 e. The van der Waals surface area contributed by atoms with E-state index in [1.54, 1.807) is 11.8 Å². The summed E-state index contributed by atoms with van der Waals surface area (Å²) in [4.78, 5) is 12.5. The second kappa shape index (κ2) is 2.86. The molecule has 0 saturated carbocycles. The van der Waals surface area contributed by atoms with E-state index in [1.807, 2.05) is 7.05 Å². The Kier molecular flexibility index (Phi) is 2.10. The van der Waals surface area contributed by atoms with Crippen LogP contribution >= 0.6 is 0 Å². The molecule has 1 rings (SSSR count). The van der Waals surface area contributed by atoms with Crippen molar-refractivity contribution in [2.45, 2.75) is 26.2 Å². The highest BCUT2D eigenvalue weighted by Gasteiger charge is 2.11. The molecule has 0 N–H and O–H groups in total. The lowest BCUT2D eigenvalue weighted by molar-refractivity contribution is -0.125. The van der Waals surface area contributed by atoms with Crippen molar-refractivity contribution in [1.82, 2.24) is 4.90 Å². The van der Waals surface area contributed by atoms with Gasteiger partial charge in [-0.1, -0.05) is 6.08 Å². The van der Waals surface area contributed by atoms with Crippen molar-refractivity contribution in [3.05, 3.63) is 11.8 Å². The maximum atomic E-state index is 10.8. The predicted molar refractivity (Wildman–Crippen MR) is 40.4 cm³/mol. The Labute approximate surface area is 61.5 Å². The van der Waals surface area contributed by atoms with Gasteiger partial charge in [-0.3, -0.25) is 4.79 Å². The van der Waals surface area contributed by atoms with E-state index < -0.39 is 0 Å². The Morgan fingerprint density at radius 2 is 2.40 bits per heavy atom. The summed E-state index contributed by atoms with van der Waals surface area (Å²) in [6, 6.07) is 0. The normalized spacial score (nSPS) is 16.8. The van der Waals surface area contributed by atoms with Crippen LogP contribution in [0.3, 0.4) is 0 Å². The highest BCUT2D eigenvalue weighted by Crippen LogP contribution is 2.19. The van der Waals surface area contributed by atoms with E-state index in [4.69, 9.17) is 0 Å². The number of amides is 1. The van der Waals surface area contributed by atoms with Gasteiger partial charge in [0.05, 0.1) is 0 Å². The number of carbonyl (C=O) groups excluding carboxylic acids is 1. The van der Waals surface area contributed by atoms with Crippen molar-refractivity contribution in [2.24, 2.45) is 0 Å². The summed E-state index contributed by atoms with van der Waals surface area (Å²) >= 11 is 0. The third-order valence-corrected chi connectivity index (χ3v) is 1.92. The van der Waals surface area contributed by atoms with Crippen LogP contribution in [-0.4, -0.2) is 17.9 Å². The Hall–Kier alpha value is -0.790. The first-order chi connectivity index (χ1) is 4.72. The van der Waals surface area contributed by atoms with E-state index in [9.17, 15) is 4.79 Å². The van der Waals surface area contributed by atoms with E-state index in [0.717, 1.165) is 12.8 Å². The predicted octanol–water partition coefficient (Wildman–Crippen LogP) is 1.53. The van der Waals surface area contributed by atoms with Gasteiger partial charge in [0, 0.05) is 19.7 Å². The van der Waals surface area contributed by atoms with Crippen LogP contribution in [0.15, 0.2) is 11.8 Å². The van der Waals surface area contributed by atoms with Gasteiger partial charge in [0.15, 0.2) is 0 Å². The lowest BCUT2D eigenvalue weighted by atomic mass is 10.3. The van der Waals surface area contributed by atoms with E-state index in [1.165, 1.54) is 12.1 Å². The van der Waals surface area contributed by atoms with Crippen LogP contribution in [0, 0.1) is 0 Å². The average molecular weight is 139 g/mol. The number of hydrogen-bond donors (Lipinski definition) is 0. The van der Waals surface area contributed by atoms with Crippen LogP contribution in [0.2, 0.25) is 0 Å². The van der Waals surface area contributed by atoms with Gasteiger partial charge in [-0.15, -0.1) is 0 Å². The molecular weight excluding hydrogens is 126 g/mol. The molecule has 0 unspecified atom stereocenters. The zero-order valence-corrected chi connectivity index (χ0v) is 6.55. The molecule has 0 aliphatic heterocycles. The average Bonchev–Trinajstić information content (AvgIpc) is 2.36. The maximum Gasteiger partial charge on any atom is 0.223 e. The van der Waals surface area contributed by atoms with Crippen molar-refractivity contribution >= 4 is 5.91 Å². The molecule has 10 heavy (non-hydrogen) atoms. The molecule has 0 fully saturated rings. The highest BCUT2D eigenvalue weighted by molar-refractivity contribution is 5.74. The highest BCUT2D eigenvalue weighted by atomic mass is 16.2. The molecule has 0 aromatic rings. The van der Waals surface area contributed by atoms with E-state index in [0.29, 0.717) is 0 Å². The van der Waals surface area contributed by atoms with Gasteiger partial charge in [-0.05, 0) is 19.3 Å². The maximum absolute atomic E-state index is 10.8. The Morgan fingerprint density at radius 3 is 2.80 bits per heavy atom. The standard InChI is InChI=1S/C8H13NO/c1-7(10)9(2)8-5-3-4-6-8/h5H,3-4,6H2,1-2H3. The lowest BCUT2D eigenvalue weighted by Gasteiger charge is -2.15. The molecular formula is C8H13NO. The first kappa shape index (κ1) is 7.32. The fraction of sp³-hybridized carbons (Fsp3) is 0.625. The topological polar surface area (TPSA) is 20.3 Å². The number of rotatable bonds is 1. The van der Waals surface area contributed by atoms with Crippen LogP contribution < -0.4 is 0 Å². The lowest BCUT2D eigenvalue weighted by Crippen LogP contribution is -2.21. The minimum absolute atomic E-state index is 0.133. The molecule has 1 aliphatic rings. The van der Waals surface area contributed by atoms with Crippen LogP contribution in [-0.2, 0) is 4.79 Å². The zero-order chi connectivity index (χ0) is 7.56. The number of allylic oxidation sites excluding steroid dienone is 2. The number of carbonyl (C=O) groups is 1. The van der Waals surface area contributed by atoms with Gasteiger partial charge < -0.3 is 4.90 Å². The summed E-state index contributed by atoms with van der Waals surface area (Å²) < 4.78 is 0. The molecule has 0 radical (unpaired) electrons. The molecule has 0 aromatic heterocycles. The van der Waals surface area contributed by atoms with Crippen LogP contribution in [0.4, 0.5) is 0 Å². The van der Waals surface area contributed by atoms with Crippen molar-refractivity contribution in [1.29, 1.82) is 0 Å². The summed E-state index contributed by atoms with van der Waals surface area (Å²) in [5, 5.41) is 0. The fourth-order valence-electron chi connectivity index (χ4n) is 1.16. The molecule has 0 saturated heterocycles. The van der Waals surface area contributed by atoms with Crippen molar-refractivity contribution in [2.75, 3.05) is 7.05 Å². The van der Waals surface area contributed by atoms with E-state index >= 15 is 0 Å². The van der Waals surface area contributed by atoms with E-state index in [-0.39, 0.29) is 5.91 Å². The summed E-state index contributed by atoms with van der Waals surface area (Å²) in [5.41, 5.74) is 1.19. The molecule has 2 nitrogen and oxygen atoms in total. The summed E-state index contributed by atoms with van der Waals surface area (Å²) in [7, 11) is 1.83. The third-order valence-electron chi connectivity index (χ3n) is 1.92. The molecule has 1 aliphatic carbocycles. The first-order valence-corrected chi connectivity index (χ1v) is 3.65. The second-order valence-electron chi connectivity index (χ2n) is 2.67. The molecule has 0 bridgehead atoms. The van der Waals surface area contributed by atoms with Crippen LogP contribution in [0.5, 0.6) is 0 Å². The van der Waals surface area contributed by atoms with Crippen molar-refractivity contribution in [3.63, 3.8) is 0 Å². The van der Waals surface area contributed by atoms with Crippen molar-refractivity contribution in [3.8, 4) is 0 Å². The molecule has 0 heterocycles. The second-order valence-corrected chi connectivity index (χ2v) is 2.67. The molecule has 2 heteroatoms. The van der Waals surface area contributed by atoms with Crippen LogP contribution in [0.1, 0.15) is 26.2 Å². The third kappa shape index (κ3) is 1.38. The zero-order valence-electron chi connectivity index (χ0n) is 6.55. The molecule has 1 amide bonds. The van der Waals surface area contributed by atoms with Crippen molar-refractivity contribution < 1.29 is 4.79 Å². The summed E-state index contributed by atoms with van der Waals surface area (Å²) in [6.07, 6.45) is 5.54. The molecule has 0 spiro atoms. The quantitative estimate of drug-likeness (QED) is 0.539. The van der Waals surface area contributed by atoms with E-state index in [2.05, 4.69) is 6.08 Å². The minimum atomic E-state index is 0.133. The van der Waals surface area contributed by atoms with Gasteiger partial charge in [-0.25, -0.2) is 0 Å². The van der Waals surface area contributed by atoms with Gasteiger partial charge in [-0.2, -0.15) is 0 Å². The SMILES string of the molecule is CC(=O)N(C)C1=CCCC1. The number of hydrogen-bond acceptors (Lipinski definition) is 1. The van der Waals surface area contributed by atoms with Crippen LogP contribution in [0.25, 0.3) is 0 Å². The molecule has 0 aromatic carbocycles. The molecule has 0 atom stereocenters. The first-order valence-electron chi connectivity index (χ1n) is 3.65.